The summed E-state index contributed by atoms with van der Waals surface area (Å²) >= 11 is 0. The second kappa shape index (κ2) is 4.68. The third-order valence-corrected chi connectivity index (χ3v) is 4.28. The van der Waals surface area contributed by atoms with Gasteiger partial charge in [-0.05, 0) is 30.4 Å². The highest BCUT2D eigenvalue weighted by Gasteiger charge is 2.36. The minimum Gasteiger partial charge on any atom is -0.481 e. The molecule has 1 aromatic carbocycles. The lowest BCUT2D eigenvalue weighted by molar-refractivity contribution is -0.141. The van der Waals surface area contributed by atoms with Crippen LogP contribution in [0.4, 0.5) is 0 Å². The van der Waals surface area contributed by atoms with E-state index in [4.69, 9.17) is 5.11 Å². The van der Waals surface area contributed by atoms with Crippen molar-refractivity contribution in [1.82, 2.24) is 4.90 Å². The second-order valence-electron chi connectivity index (χ2n) is 5.40. The molecule has 0 radical (unpaired) electrons. The summed E-state index contributed by atoms with van der Waals surface area (Å²) in [5.74, 6) is -1.14. The molecule has 3 rings (SSSR count). The molecule has 4 heteroatoms. The van der Waals surface area contributed by atoms with Crippen LogP contribution in [0.15, 0.2) is 24.3 Å². The Morgan fingerprint density at radius 1 is 1.21 bits per heavy atom. The summed E-state index contributed by atoms with van der Waals surface area (Å²) in [4.78, 5) is 25.2. The molecule has 1 fully saturated rings. The zero-order valence-corrected chi connectivity index (χ0v) is 10.7. The predicted octanol–water partition coefficient (Wildman–Crippen LogP) is 1.65. The molecule has 2 atom stereocenters. The van der Waals surface area contributed by atoms with E-state index in [1.807, 2.05) is 18.2 Å². The van der Waals surface area contributed by atoms with Crippen LogP contribution in [0.3, 0.4) is 0 Å². The van der Waals surface area contributed by atoms with Gasteiger partial charge in [0.15, 0.2) is 0 Å². The molecule has 1 heterocycles. The Morgan fingerprint density at radius 2 is 2.00 bits per heavy atom. The van der Waals surface area contributed by atoms with Gasteiger partial charge in [-0.1, -0.05) is 24.3 Å². The molecule has 19 heavy (non-hydrogen) atoms. The number of nitrogens with zero attached hydrogens (tertiary/aromatic N) is 1. The third-order valence-electron chi connectivity index (χ3n) is 4.28. The topological polar surface area (TPSA) is 57.6 Å². The van der Waals surface area contributed by atoms with E-state index < -0.39 is 5.97 Å². The van der Waals surface area contributed by atoms with Crippen LogP contribution in [0, 0.1) is 5.92 Å². The van der Waals surface area contributed by atoms with Crippen LogP contribution in [0.5, 0.6) is 0 Å². The number of hydrogen-bond donors (Lipinski definition) is 1. The van der Waals surface area contributed by atoms with Crippen molar-refractivity contribution in [2.75, 3.05) is 13.1 Å². The molecule has 1 amide bonds. The van der Waals surface area contributed by atoms with Crippen molar-refractivity contribution in [1.29, 1.82) is 0 Å². The average Bonchev–Trinajstić information content (AvgIpc) is 3.05. The van der Waals surface area contributed by atoms with Gasteiger partial charge in [0.1, 0.15) is 0 Å². The molecule has 1 aromatic rings. The number of rotatable bonds is 2. The van der Waals surface area contributed by atoms with Crippen LogP contribution in [0.25, 0.3) is 0 Å². The van der Waals surface area contributed by atoms with Gasteiger partial charge in [0.05, 0.1) is 11.8 Å². The smallest absolute Gasteiger partial charge is 0.308 e. The molecule has 2 aliphatic rings. The SMILES string of the molecule is O=C(O)C1CCN(C(=O)C2CCc3ccccc32)C1. The van der Waals surface area contributed by atoms with Crippen LogP contribution in [0.2, 0.25) is 0 Å². The minimum absolute atomic E-state index is 0.0660. The van der Waals surface area contributed by atoms with E-state index in [0.29, 0.717) is 19.5 Å². The fraction of sp³-hybridized carbons (Fsp3) is 0.467. The maximum atomic E-state index is 12.5. The highest BCUT2D eigenvalue weighted by Crippen LogP contribution is 2.35. The Hall–Kier alpha value is -1.84. The van der Waals surface area contributed by atoms with Crippen molar-refractivity contribution in [3.05, 3.63) is 35.4 Å². The lowest BCUT2D eigenvalue weighted by Gasteiger charge is -2.20. The fourth-order valence-electron chi connectivity index (χ4n) is 3.20. The van der Waals surface area contributed by atoms with Crippen LogP contribution < -0.4 is 0 Å². The molecule has 2 unspecified atom stereocenters. The Morgan fingerprint density at radius 3 is 2.74 bits per heavy atom. The Bertz CT molecular complexity index is 526. The zero-order chi connectivity index (χ0) is 13.4. The maximum absolute atomic E-state index is 12.5. The Kier molecular flexibility index (Phi) is 3.01. The van der Waals surface area contributed by atoms with E-state index in [1.54, 1.807) is 4.90 Å². The molecule has 0 spiro atoms. The van der Waals surface area contributed by atoms with Gasteiger partial charge >= 0.3 is 5.97 Å². The van der Waals surface area contributed by atoms with Crippen LogP contribution >= 0.6 is 0 Å². The molecule has 1 N–H and O–H groups in total. The van der Waals surface area contributed by atoms with Crippen molar-refractivity contribution < 1.29 is 14.7 Å². The lowest BCUT2D eigenvalue weighted by atomic mass is 10.00. The number of fused-ring (bicyclic) bond motifs is 1. The molecule has 0 bridgehead atoms. The highest BCUT2D eigenvalue weighted by atomic mass is 16.4. The van der Waals surface area contributed by atoms with E-state index in [9.17, 15) is 9.59 Å². The number of aliphatic carboxylic acids is 1. The maximum Gasteiger partial charge on any atom is 0.308 e. The molecule has 0 saturated carbocycles. The standard InChI is InChI=1S/C15H17NO3/c17-14(16-8-7-11(9-16)15(18)19)13-6-5-10-3-1-2-4-12(10)13/h1-4,11,13H,5-9H2,(H,18,19). The summed E-state index contributed by atoms with van der Waals surface area (Å²) in [5.41, 5.74) is 2.39. The molecule has 4 nitrogen and oxygen atoms in total. The van der Waals surface area contributed by atoms with E-state index in [-0.39, 0.29) is 17.7 Å². The van der Waals surface area contributed by atoms with Crippen molar-refractivity contribution in [3.63, 3.8) is 0 Å². The molecular formula is C15H17NO3. The number of benzene rings is 1. The Labute approximate surface area is 112 Å². The number of aryl methyl sites for hydroxylation is 1. The molecule has 1 saturated heterocycles. The van der Waals surface area contributed by atoms with Gasteiger partial charge in [-0.2, -0.15) is 0 Å². The first-order valence-electron chi connectivity index (χ1n) is 6.76. The minimum atomic E-state index is -0.790. The van der Waals surface area contributed by atoms with Gasteiger partial charge in [-0.25, -0.2) is 0 Å². The first kappa shape index (κ1) is 12.2. The zero-order valence-electron chi connectivity index (χ0n) is 10.7. The summed E-state index contributed by atoms with van der Waals surface area (Å²) in [7, 11) is 0. The molecular weight excluding hydrogens is 242 g/mol. The van der Waals surface area contributed by atoms with Crippen LogP contribution in [-0.2, 0) is 16.0 Å². The molecule has 1 aliphatic carbocycles. The number of amides is 1. The monoisotopic (exact) mass is 259 g/mol. The number of likely N-dealkylation sites (tertiary alicyclic amines) is 1. The second-order valence-corrected chi connectivity index (χ2v) is 5.40. The van der Waals surface area contributed by atoms with Crippen molar-refractivity contribution >= 4 is 11.9 Å². The third kappa shape index (κ3) is 2.11. The highest BCUT2D eigenvalue weighted by molar-refractivity contribution is 5.86. The van der Waals surface area contributed by atoms with Gasteiger partial charge < -0.3 is 10.0 Å². The predicted molar refractivity (Wildman–Crippen MR) is 69.8 cm³/mol. The van der Waals surface area contributed by atoms with E-state index >= 15 is 0 Å². The van der Waals surface area contributed by atoms with Gasteiger partial charge in [-0.15, -0.1) is 0 Å². The number of carbonyl (C=O) groups excluding carboxylic acids is 1. The van der Waals surface area contributed by atoms with Crippen molar-refractivity contribution in [2.24, 2.45) is 5.92 Å². The van der Waals surface area contributed by atoms with Gasteiger partial charge in [-0.3, -0.25) is 9.59 Å². The summed E-state index contributed by atoms with van der Waals surface area (Å²) in [6.45, 7) is 0.946. The van der Waals surface area contributed by atoms with E-state index in [2.05, 4.69) is 6.07 Å². The van der Waals surface area contributed by atoms with E-state index in [0.717, 1.165) is 18.4 Å². The lowest BCUT2D eigenvalue weighted by Crippen LogP contribution is -2.33. The largest absolute Gasteiger partial charge is 0.481 e. The fourth-order valence-corrected chi connectivity index (χ4v) is 3.20. The summed E-state index contributed by atoms with van der Waals surface area (Å²) in [5, 5.41) is 9.00. The Balaban J connectivity index is 1.74. The first-order chi connectivity index (χ1) is 9.16. The van der Waals surface area contributed by atoms with Gasteiger partial charge in [0, 0.05) is 13.1 Å². The quantitative estimate of drug-likeness (QED) is 0.878. The number of carboxylic acids is 1. The van der Waals surface area contributed by atoms with Crippen LogP contribution in [0.1, 0.15) is 29.9 Å². The number of carboxylic acid groups (broad SMARTS) is 1. The summed E-state index contributed by atoms with van der Waals surface area (Å²) in [6.07, 6.45) is 2.38. The molecule has 0 aromatic heterocycles. The molecule has 100 valence electrons. The van der Waals surface area contributed by atoms with Crippen LogP contribution in [-0.4, -0.2) is 35.0 Å². The summed E-state index contributed by atoms with van der Waals surface area (Å²) in [6, 6.07) is 8.07. The van der Waals surface area contributed by atoms with Crippen molar-refractivity contribution in [3.8, 4) is 0 Å². The number of hydrogen-bond acceptors (Lipinski definition) is 2. The molecule has 1 aliphatic heterocycles. The van der Waals surface area contributed by atoms with Gasteiger partial charge in [0.2, 0.25) is 5.91 Å². The first-order valence-corrected chi connectivity index (χ1v) is 6.76. The average molecular weight is 259 g/mol. The van der Waals surface area contributed by atoms with E-state index in [1.165, 1.54) is 5.56 Å². The van der Waals surface area contributed by atoms with Gasteiger partial charge in [0.25, 0.3) is 0 Å². The normalized spacial score (nSPS) is 25.4. The summed E-state index contributed by atoms with van der Waals surface area (Å²) < 4.78 is 0. The van der Waals surface area contributed by atoms with Crippen molar-refractivity contribution in [2.45, 2.75) is 25.2 Å². The number of carbonyl (C=O) groups is 2.